The number of hydrogen-bond donors (Lipinski definition) is 1. The number of rotatable bonds is 10. The van der Waals surface area contributed by atoms with Crippen LogP contribution in [0, 0.1) is 0 Å². The van der Waals surface area contributed by atoms with Crippen LogP contribution in [-0.4, -0.2) is 31.9 Å². The van der Waals surface area contributed by atoms with Gasteiger partial charge in [-0.2, -0.15) is 0 Å². The molecule has 0 saturated carbocycles. The van der Waals surface area contributed by atoms with Gasteiger partial charge in [-0.15, -0.1) is 0 Å². The molecule has 1 radical (unpaired) electrons. The summed E-state index contributed by atoms with van der Waals surface area (Å²) >= 11 is 0. The van der Waals surface area contributed by atoms with E-state index in [0.717, 1.165) is 38.8 Å². The fraction of sp³-hybridized carbons (Fsp3) is 1.00. The summed E-state index contributed by atoms with van der Waals surface area (Å²) in [7, 11) is 0. The summed E-state index contributed by atoms with van der Waals surface area (Å²) in [6.45, 7) is 4.33. The third kappa shape index (κ3) is 7.34. The van der Waals surface area contributed by atoms with Gasteiger partial charge in [0.05, 0.1) is 18.8 Å². The van der Waals surface area contributed by atoms with E-state index >= 15 is 0 Å². The van der Waals surface area contributed by atoms with Gasteiger partial charge in [0.15, 0.2) is 0 Å². The highest BCUT2D eigenvalue weighted by Gasteiger charge is 2.20. The molecule has 0 amide bonds. The molecule has 1 N–H and O–H groups in total. The molecule has 1 saturated heterocycles. The molecule has 0 spiro atoms. The zero-order chi connectivity index (χ0) is 13.1. The molecule has 0 aromatic rings. The van der Waals surface area contributed by atoms with Crippen LogP contribution < -0.4 is 5.32 Å². The minimum absolute atomic E-state index is 0.0732. The molecule has 0 aromatic carbocycles. The van der Waals surface area contributed by atoms with E-state index in [4.69, 9.17) is 4.74 Å². The lowest BCUT2D eigenvalue weighted by Crippen LogP contribution is -2.44. The molecule has 107 valence electrons. The van der Waals surface area contributed by atoms with E-state index in [1.165, 1.54) is 32.1 Å². The minimum Gasteiger partial charge on any atom is -0.372 e. The van der Waals surface area contributed by atoms with Gasteiger partial charge in [-0.3, -0.25) is 0 Å². The predicted octanol–water partition coefficient (Wildman–Crippen LogP) is 3.30. The molecule has 1 fully saturated rings. The molecule has 0 aromatic heterocycles. The lowest BCUT2D eigenvalue weighted by atomic mass is 10.1. The fourth-order valence-corrected chi connectivity index (χ4v) is 2.56. The van der Waals surface area contributed by atoms with E-state index in [2.05, 4.69) is 12.2 Å². The molecule has 0 bridgehead atoms. The number of nitrogens with one attached hydrogen (secondary N) is 1. The van der Waals surface area contributed by atoms with Crippen LogP contribution in [0.2, 0.25) is 0 Å². The van der Waals surface area contributed by atoms with Gasteiger partial charge < -0.3 is 10.1 Å². The number of hydrogen-bond acceptors (Lipinski definition) is 2. The van der Waals surface area contributed by atoms with Crippen LogP contribution in [0.5, 0.6) is 0 Å². The first-order valence-corrected chi connectivity index (χ1v) is 7.81. The summed E-state index contributed by atoms with van der Waals surface area (Å²) in [6.07, 6.45) is 11.4. The second kappa shape index (κ2) is 10.8. The molecule has 1 heterocycles. The predicted molar refractivity (Wildman–Crippen MR) is 74.3 cm³/mol. The van der Waals surface area contributed by atoms with Crippen molar-refractivity contribution in [3.63, 3.8) is 0 Å². The first kappa shape index (κ1) is 15.9. The monoisotopic (exact) mass is 256 g/mol. The average Bonchev–Trinajstić information content (AvgIpc) is 2.40. The SMILES string of the molecule is CCCCCCC1CNCC(CCCCC[O])O1. The molecule has 0 aliphatic carbocycles. The topological polar surface area (TPSA) is 41.2 Å². The Morgan fingerprint density at radius 2 is 1.56 bits per heavy atom. The summed E-state index contributed by atoms with van der Waals surface area (Å²) in [5.41, 5.74) is 0. The van der Waals surface area contributed by atoms with E-state index in [0.29, 0.717) is 12.2 Å². The first-order chi connectivity index (χ1) is 8.86. The van der Waals surface area contributed by atoms with Gasteiger partial charge in [-0.25, -0.2) is 5.11 Å². The van der Waals surface area contributed by atoms with Gasteiger partial charge in [0.2, 0.25) is 0 Å². The molecule has 18 heavy (non-hydrogen) atoms. The van der Waals surface area contributed by atoms with Crippen LogP contribution in [0.25, 0.3) is 0 Å². The quantitative estimate of drug-likeness (QED) is 0.609. The Balaban J connectivity index is 2.04. The van der Waals surface area contributed by atoms with Crippen molar-refractivity contribution in [1.29, 1.82) is 0 Å². The van der Waals surface area contributed by atoms with E-state index in [1.807, 2.05) is 0 Å². The first-order valence-electron chi connectivity index (χ1n) is 7.81. The summed E-state index contributed by atoms with van der Waals surface area (Å²) in [4.78, 5) is 0. The van der Waals surface area contributed by atoms with Crippen molar-refractivity contribution < 1.29 is 9.84 Å². The Hall–Kier alpha value is -0.120. The third-order valence-corrected chi connectivity index (χ3v) is 3.68. The summed E-state index contributed by atoms with van der Waals surface area (Å²) in [6, 6.07) is 0. The molecular weight excluding hydrogens is 226 g/mol. The van der Waals surface area contributed by atoms with E-state index < -0.39 is 0 Å². The molecule has 2 unspecified atom stereocenters. The molecule has 2 atom stereocenters. The summed E-state index contributed by atoms with van der Waals surface area (Å²) < 4.78 is 6.11. The third-order valence-electron chi connectivity index (χ3n) is 3.68. The maximum absolute atomic E-state index is 10.4. The van der Waals surface area contributed by atoms with Crippen LogP contribution in [0.15, 0.2) is 0 Å². The lowest BCUT2D eigenvalue weighted by molar-refractivity contribution is -0.0458. The van der Waals surface area contributed by atoms with Gasteiger partial charge >= 0.3 is 0 Å². The van der Waals surface area contributed by atoms with Crippen LogP contribution in [0.4, 0.5) is 0 Å². The maximum atomic E-state index is 10.4. The lowest BCUT2D eigenvalue weighted by Gasteiger charge is -2.31. The Labute approximate surface area is 112 Å². The summed E-state index contributed by atoms with van der Waals surface area (Å²) in [5, 5.41) is 13.8. The van der Waals surface area contributed by atoms with Crippen molar-refractivity contribution >= 4 is 0 Å². The largest absolute Gasteiger partial charge is 0.372 e. The highest BCUT2D eigenvalue weighted by Crippen LogP contribution is 2.16. The zero-order valence-corrected chi connectivity index (χ0v) is 12.0. The molecule has 1 rings (SSSR count). The van der Waals surface area contributed by atoms with Crippen molar-refractivity contribution in [2.24, 2.45) is 0 Å². The van der Waals surface area contributed by atoms with Crippen LogP contribution in [0.3, 0.4) is 0 Å². The second-order valence-electron chi connectivity index (χ2n) is 5.44. The molecular formula is C15H30NO2. The highest BCUT2D eigenvalue weighted by molar-refractivity contribution is 4.74. The Morgan fingerprint density at radius 1 is 0.944 bits per heavy atom. The van der Waals surface area contributed by atoms with Crippen LogP contribution >= 0.6 is 0 Å². The second-order valence-corrected chi connectivity index (χ2v) is 5.44. The van der Waals surface area contributed by atoms with Crippen molar-refractivity contribution in [2.75, 3.05) is 19.7 Å². The average molecular weight is 256 g/mol. The van der Waals surface area contributed by atoms with Gasteiger partial charge in [-0.05, 0) is 19.3 Å². The standard InChI is InChI=1S/C15H30NO2/c1-2-3-4-6-9-14-12-16-13-15(18-14)10-7-5-8-11-17/h14-16H,2-13H2,1H3. The van der Waals surface area contributed by atoms with Gasteiger partial charge in [0.25, 0.3) is 0 Å². The van der Waals surface area contributed by atoms with E-state index in [1.54, 1.807) is 0 Å². The maximum Gasteiger partial charge on any atom is 0.0822 e. The van der Waals surface area contributed by atoms with Crippen molar-refractivity contribution in [3.8, 4) is 0 Å². The number of ether oxygens (including phenoxy) is 1. The summed E-state index contributed by atoms with van der Waals surface area (Å²) in [5.74, 6) is 0. The Morgan fingerprint density at radius 3 is 2.11 bits per heavy atom. The van der Waals surface area contributed by atoms with E-state index in [9.17, 15) is 5.11 Å². The zero-order valence-electron chi connectivity index (χ0n) is 12.0. The minimum atomic E-state index is 0.0732. The smallest absolute Gasteiger partial charge is 0.0822 e. The van der Waals surface area contributed by atoms with E-state index in [-0.39, 0.29) is 6.61 Å². The van der Waals surface area contributed by atoms with Crippen molar-refractivity contribution in [2.45, 2.75) is 76.9 Å². The Kier molecular flexibility index (Phi) is 9.54. The van der Waals surface area contributed by atoms with Crippen molar-refractivity contribution in [3.05, 3.63) is 0 Å². The highest BCUT2D eigenvalue weighted by atomic mass is 16.5. The fourth-order valence-electron chi connectivity index (χ4n) is 2.56. The van der Waals surface area contributed by atoms with Gasteiger partial charge in [0, 0.05) is 13.1 Å². The number of unbranched alkanes of at least 4 members (excludes halogenated alkanes) is 5. The van der Waals surface area contributed by atoms with Crippen LogP contribution in [-0.2, 0) is 9.84 Å². The molecule has 1 aliphatic heterocycles. The normalized spacial score (nSPS) is 24.3. The Bertz CT molecular complexity index is 169. The molecule has 1 aliphatic rings. The van der Waals surface area contributed by atoms with Gasteiger partial charge in [0.1, 0.15) is 0 Å². The van der Waals surface area contributed by atoms with Gasteiger partial charge in [-0.1, -0.05) is 45.4 Å². The number of morpholine rings is 1. The molecule has 3 nitrogen and oxygen atoms in total. The van der Waals surface area contributed by atoms with Crippen LogP contribution in [0.1, 0.15) is 64.7 Å². The molecule has 3 heteroatoms. The van der Waals surface area contributed by atoms with Crippen molar-refractivity contribution in [1.82, 2.24) is 5.32 Å².